The molecule has 2 heterocycles. The number of hydrogen-bond donors (Lipinski definition) is 0. The van der Waals surface area contributed by atoms with Gasteiger partial charge in [-0.2, -0.15) is 0 Å². The van der Waals surface area contributed by atoms with Gasteiger partial charge in [0.25, 0.3) is 0 Å². The number of imidazole rings is 1. The number of Topliss-reactive ketones (excluding diaryl/α,β-unsaturated/α-hetero) is 1. The molecule has 2 aromatic heterocycles. The number of pyridine rings is 1. The molecule has 146 valence electrons. The highest BCUT2D eigenvalue weighted by Gasteiger charge is 2.17. The Hall–Kier alpha value is -3.25. The molecule has 0 atom stereocenters. The monoisotopic (exact) mass is 404 g/mol. The number of sulfone groups is 1. The largest absolute Gasteiger partial charge is 0.306 e. The third-order valence-corrected chi connectivity index (χ3v) is 6.70. The van der Waals surface area contributed by atoms with E-state index in [-0.39, 0.29) is 15.6 Å². The zero-order chi connectivity index (χ0) is 20.4. The third kappa shape index (κ3) is 3.98. The van der Waals surface area contributed by atoms with Crippen LogP contribution in [0.2, 0.25) is 0 Å². The molecule has 0 spiro atoms. The van der Waals surface area contributed by atoms with E-state index in [4.69, 9.17) is 0 Å². The summed E-state index contributed by atoms with van der Waals surface area (Å²) in [7, 11) is -3.54. The van der Waals surface area contributed by atoms with E-state index in [0.29, 0.717) is 18.4 Å². The van der Waals surface area contributed by atoms with Gasteiger partial charge in [-0.05, 0) is 55.3 Å². The molecule has 0 fully saturated rings. The fourth-order valence-electron chi connectivity index (χ4n) is 3.18. The Bertz CT molecular complexity index is 1270. The molecule has 29 heavy (non-hydrogen) atoms. The van der Waals surface area contributed by atoms with Crippen molar-refractivity contribution < 1.29 is 13.2 Å². The van der Waals surface area contributed by atoms with Crippen LogP contribution in [-0.2, 0) is 16.3 Å². The SMILES string of the molecule is Cc1ccc(S(=O)(=O)c2ccc(CCC(=O)c3ccc4nccn4c3)cc2)cc1. The van der Waals surface area contributed by atoms with Gasteiger partial charge in [-0.25, -0.2) is 13.4 Å². The van der Waals surface area contributed by atoms with Crippen molar-refractivity contribution >= 4 is 21.3 Å². The fourth-order valence-corrected chi connectivity index (χ4v) is 4.44. The first kappa shape index (κ1) is 19.1. The molecule has 4 aromatic rings. The van der Waals surface area contributed by atoms with Crippen molar-refractivity contribution in [3.8, 4) is 0 Å². The van der Waals surface area contributed by atoms with Gasteiger partial charge < -0.3 is 4.40 Å². The first-order valence-corrected chi connectivity index (χ1v) is 10.8. The predicted octanol–water partition coefficient (Wildman–Crippen LogP) is 4.29. The molecule has 0 amide bonds. The van der Waals surface area contributed by atoms with Crippen LogP contribution >= 0.6 is 0 Å². The summed E-state index contributed by atoms with van der Waals surface area (Å²) < 4.78 is 27.3. The summed E-state index contributed by atoms with van der Waals surface area (Å²) in [6.45, 7) is 1.92. The molecule has 0 radical (unpaired) electrons. The number of benzene rings is 2. The lowest BCUT2D eigenvalue weighted by Crippen LogP contribution is -2.04. The first-order valence-electron chi connectivity index (χ1n) is 9.30. The average molecular weight is 404 g/mol. The number of fused-ring (bicyclic) bond motifs is 1. The molecule has 0 bridgehead atoms. The van der Waals surface area contributed by atoms with Gasteiger partial charge in [0.2, 0.25) is 9.84 Å². The standard InChI is InChI=1S/C23H20N2O3S/c1-17-2-8-20(9-3-17)29(27,28)21-10-4-18(5-11-21)6-12-22(26)19-7-13-23-24-14-15-25(23)16-19/h2-5,7-11,13-16H,6,12H2,1H3. The van der Waals surface area contributed by atoms with Crippen LogP contribution in [0.1, 0.15) is 27.9 Å². The fraction of sp³-hybridized carbons (Fsp3) is 0.130. The Morgan fingerprint density at radius 2 is 1.59 bits per heavy atom. The van der Waals surface area contributed by atoms with E-state index in [1.165, 1.54) is 0 Å². The van der Waals surface area contributed by atoms with Gasteiger partial charge >= 0.3 is 0 Å². The maximum Gasteiger partial charge on any atom is 0.206 e. The van der Waals surface area contributed by atoms with Crippen molar-refractivity contribution in [1.29, 1.82) is 0 Å². The quantitative estimate of drug-likeness (QED) is 0.450. The van der Waals surface area contributed by atoms with E-state index < -0.39 is 9.84 Å². The molecule has 0 aliphatic heterocycles. The molecule has 0 aliphatic carbocycles. The first-order chi connectivity index (χ1) is 13.9. The smallest absolute Gasteiger partial charge is 0.206 e. The van der Waals surface area contributed by atoms with Gasteiger partial charge in [0.1, 0.15) is 5.65 Å². The van der Waals surface area contributed by atoms with E-state index in [9.17, 15) is 13.2 Å². The molecule has 0 N–H and O–H groups in total. The predicted molar refractivity (Wildman–Crippen MR) is 111 cm³/mol. The minimum atomic E-state index is -3.54. The van der Waals surface area contributed by atoms with Gasteiger partial charge in [0.15, 0.2) is 5.78 Å². The van der Waals surface area contributed by atoms with E-state index in [2.05, 4.69) is 4.98 Å². The summed E-state index contributed by atoms with van der Waals surface area (Å²) in [6.07, 6.45) is 6.17. The molecule has 0 saturated heterocycles. The normalized spacial score (nSPS) is 11.6. The average Bonchev–Trinajstić information content (AvgIpc) is 3.20. The van der Waals surface area contributed by atoms with Crippen molar-refractivity contribution in [2.24, 2.45) is 0 Å². The third-order valence-electron chi connectivity index (χ3n) is 4.92. The number of carbonyl (C=O) groups excluding carboxylic acids is 1. The van der Waals surface area contributed by atoms with Gasteiger partial charge in [-0.15, -0.1) is 0 Å². The Morgan fingerprint density at radius 3 is 2.28 bits per heavy atom. The lowest BCUT2D eigenvalue weighted by molar-refractivity contribution is 0.0982. The van der Waals surface area contributed by atoms with Crippen LogP contribution in [0.5, 0.6) is 0 Å². The molecule has 2 aromatic carbocycles. The van der Waals surface area contributed by atoms with Crippen LogP contribution in [-0.4, -0.2) is 23.6 Å². The van der Waals surface area contributed by atoms with E-state index in [0.717, 1.165) is 16.8 Å². The summed E-state index contributed by atoms with van der Waals surface area (Å²) in [5.41, 5.74) is 3.36. The van der Waals surface area contributed by atoms with Gasteiger partial charge in [0.05, 0.1) is 9.79 Å². The van der Waals surface area contributed by atoms with Crippen LogP contribution in [0.15, 0.2) is 89.0 Å². The second-order valence-corrected chi connectivity index (χ2v) is 8.94. The molecular weight excluding hydrogens is 384 g/mol. The molecular formula is C23H20N2O3S. The van der Waals surface area contributed by atoms with Crippen LogP contribution in [0, 0.1) is 6.92 Å². The number of aryl methyl sites for hydroxylation is 2. The number of aromatic nitrogens is 2. The minimum absolute atomic E-state index is 0.0388. The van der Waals surface area contributed by atoms with Crippen molar-refractivity contribution in [1.82, 2.24) is 9.38 Å². The summed E-state index contributed by atoms with van der Waals surface area (Å²) >= 11 is 0. The van der Waals surface area contributed by atoms with Crippen LogP contribution in [0.25, 0.3) is 5.65 Å². The number of rotatable bonds is 6. The molecule has 0 unspecified atom stereocenters. The lowest BCUT2D eigenvalue weighted by Gasteiger charge is -2.07. The highest BCUT2D eigenvalue weighted by molar-refractivity contribution is 7.91. The number of hydrogen-bond acceptors (Lipinski definition) is 4. The zero-order valence-electron chi connectivity index (χ0n) is 15.9. The second-order valence-electron chi connectivity index (χ2n) is 6.99. The number of ketones is 1. The summed E-state index contributed by atoms with van der Waals surface area (Å²) in [5, 5.41) is 0. The van der Waals surface area contributed by atoms with Crippen molar-refractivity contribution in [3.05, 3.63) is 95.9 Å². The van der Waals surface area contributed by atoms with Gasteiger partial charge in [0, 0.05) is 30.6 Å². The maximum absolute atomic E-state index is 12.7. The van der Waals surface area contributed by atoms with E-state index in [1.807, 2.05) is 17.4 Å². The topological polar surface area (TPSA) is 68.5 Å². The highest BCUT2D eigenvalue weighted by atomic mass is 32.2. The lowest BCUT2D eigenvalue weighted by atomic mass is 10.0. The van der Waals surface area contributed by atoms with Crippen molar-refractivity contribution in [3.63, 3.8) is 0 Å². The van der Waals surface area contributed by atoms with Crippen LogP contribution in [0.4, 0.5) is 0 Å². The zero-order valence-corrected chi connectivity index (χ0v) is 16.8. The molecule has 0 aliphatic rings. The molecule has 6 heteroatoms. The summed E-state index contributed by atoms with van der Waals surface area (Å²) in [6, 6.07) is 17.2. The summed E-state index contributed by atoms with van der Waals surface area (Å²) in [4.78, 5) is 17.2. The van der Waals surface area contributed by atoms with Crippen LogP contribution < -0.4 is 0 Å². The van der Waals surface area contributed by atoms with Gasteiger partial charge in [-0.3, -0.25) is 4.79 Å². The van der Waals surface area contributed by atoms with Crippen molar-refractivity contribution in [2.45, 2.75) is 29.6 Å². The Labute approximate surface area is 169 Å². The summed E-state index contributed by atoms with van der Waals surface area (Å²) in [5.74, 6) is 0.0388. The molecule has 5 nitrogen and oxygen atoms in total. The van der Waals surface area contributed by atoms with Gasteiger partial charge in [-0.1, -0.05) is 29.8 Å². The van der Waals surface area contributed by atoms with Crippen LogP contribution in [0.3, 0.4) is 0 Å². The highest BCUT2D eigenvalue weighted by Crippen LogP contribution is 2.22. The maximum atomic E-state index is 12.7. The molecule has 4 rings (SSSR count). The molecule has 0 saturated carbocycles. The Kier molecular flexibility index (Phi) is 5.03. The van der Waals surface area contributed by atoms with Crippen molar-refractivity contribution in [2.75, 3.05) is 0 Å². The number of carbonyl (C=O) groups is 1. The minimum Gasteiger partial charge on any atom is -0.306 e. The second kappa shape index (κ2) is 7.64. The van der Waals surface area contributed by atoms with E-state index >= 15 is 0 Å². The van der Waals surface area contributed by atoms with E-state index in [1.54, 1.807) is 73.2 Å². The Balaban J connectivity index is 1.45. The Morgan fingerprint density at radius 1 is 0.931 bits per heavy atom. The number of nitrogens with zero attached hydrogens (tertiary/aromatic N) is 2.